The largest absolute Gasteiger partial charge is 0.351 e. The number of hydrogen-bond donors (Lipinski definition) is 1. The molecule has 1 aliphatic rings. The van der Waals surface area contributed by atoms with Gasteiger partial charge in [-0.1, -0.05) is 28.8 Å². The van der Waals surface area contributed by atoms with E-state index in [0.29, 0.717) is 12.1 Å². The molecule has 2 nitrogen and oxygen atoms in total. The summed E-state index contributed by atoms with van der Waals surface area (Å²) in [7, 11) is 0. The first kappa shape index (κ1) is 14.5. The molecule has 0 radical (unpaired) electrons. The van der Waals surface area contributed by atoms with Gasteiger partial charge < -0.3 is 5.32 Å². The zero-order valence-corrected chi connectivity index (χ0v) is 12.7. The maximum atomic E-state index is 13.3. The van der Waals surface area contributed by atoms with Crippen LogP contribution in [0.15, 0.2) is 18.2 Å². The minimum absolute atomic E-state index is 0.179. The van der Waals surface area contributed by atoms with E-state index >= 15 is 0 Å². The van der Waals surface area contributed by atoms with Gasteiger partial charge in [0.05, 0.1) is 0 Å². The Bertz CT molecular complexity index is 449. The van der Waals surface area contributed by atoms with E-state index in [2.05, 4.69) is 21.2 Å². The van der Waals surface area contributed by atoms with Gasteiger partial charge in [-0.05, 0) is 48.9 Å². The van der Waals surface area contributed by atoms with Gasteiger partial charge in [0.15, 0.2) is 0 Å². The van der Waals surface area contributed by atoms with E-state index in [1.807, 2.05) is 0 Å². The summed E-state index contributed by atoms with van der Waals surface area (Å²) in [6.07, 6.45) is 4.72. The highest BCUT2D eigenvalue weighted by Crippen LogP contribution is 2.38. The zero-order valence-electron chi connectivity index (χ0n) is 11.1. The second kappa shape index (κ2) is 6.04. The van der Waals surface area contributed by atoms with Crippen LogP contribution < -0.4 is 5.32 Å². The first-order chi connectivity index (χ1) is 9.04. The van der Waals surface area contributed by atoms with Crippen molar-refractivity contribution in [2.45, 2.75) is 32.6 Å². The molecule has 1 aliphatic carbocycles. The summed E-state index contributed by atoms with van der Waals surface area (Å²) < 4.78 is 13.3. The van der Waals surface area contributed by atoms with Gasteiger partial charge in [0, 0.05) is 17.4 Å². The SMILES string of the molecule is Cc1cc(F)cc(C(=O)NCC2(CBr)CCCC2)c1. The first-order valence-corrected chi connectivity index (χ1v) is 7.78. The number of alkyl halides is 1. The lowest BCUT2D eigenvalue weighted by atomic mass is 9.89. The van der Waals surface area contributed by atoms with Crippen LogP contribution in [0, 0.1) is 18.2 Å². The molecule has 1 saturated carbocycles. The van der Waals surface area contributed by atoms with Crippen LogP contribution in [0.5, 0.6) is 0 Å². The fraction of sp³-hybridized carbons (Fsp3) is 0.533. The van der Waals surface area contributed by atoms with Crippen molar-refractivity contribution in [2.24, 2.45) is 5.41 Å². The molecule has 0 aromatic heterocycles. The highest BCUT2D eigenvalue weighted by Gasteiger charge is 2.33. The molecule has 1 aromatic rings. The van der Waals surface area contributed by atoms with E-state index < -0.39 is 0 Å². The lowest BCUT2D eigenvalue weighted by molar-refractivity contribution is 0.0935. The van der Waals surface area contributed by atoms with Gasteiger partial charge in [-0.3, -0.25) is 4.79 Å². The number of hydrogen-bond acceptors (Lipinski definition) is 1. The van der Waals surface area contributed by atoms with Crippen molar-refractivity contribution < 1.29 is 9.18 Å². The van der Waals surface area contributed by atoms with Crippen LogP contribution in [0.1, 0.15) is 41.6 Å². The van der Waals surface area contributed by atoms with Gasteiger partial charge >= 0.3 is 0 Å². The Kier molecular flexibility index (Phi) is 4.61. The number of nitrogens with one attached hydrogen (secondary N) is 1. The Labute approximate surface area is 121 Å². The van der Waals surface area contributed by atoms with Crippen molar-refractivity contribution in [1.29, 1.82) is 0 Å². The Balaban J connectivity index is 2.01. The van der Waals surface area contributed by atoms with Crippen molar-refractivity contribution in [3.8, 4) is 0 Å². The van der Waals surface area contributed by atoms with Gasteiger partial charge in [0.25, 0.3) is 5.91 Å². The average molecular weight is 328 g/mol. The summed E-state index contributed by atoms with van der Waals surface area (Å²) in [5, 5.41) is 3.86. The molecule has 1 amide bonds. The van der Waals surface area contributed by atoms with Gasteiger partial charge in [0.2, 0.25) is 0 Å². The number of amides is 1. The molecular formula is C15H19BrFNO. The summed E-state index contributed by atoms with van der Waals surface area (Å²) in [4.78, 5) is 12.1. The molecule has 0 bridgehead atoms. The van der Waals surface area contributed by atoms with Crippen molar-refractivity contribution in [1.82, 2.24) is 5.32 Å². The minimum Gasteiger partial charge on any atom is -0.351 e. The summed E-state index contributed by atoms with van der Waals surface area (Å²) in [5.41, 5.74) is 1.35. The van der Waals surface area contributed by atoms with Crippen LogP contribution in [0.2, 0.25) is 0 Å². The summed E-state index contributed by atoms with van der Waals surface area (Å²) in [6.45, 7) is 2.45. The van der Waals surface area contributed by atoms with Crippen LogP contribution in [0.3, 0.4) is 0 Å². The van der Waals surface area contributed by atoms with Crippen LogP contribution in [0.4, 0.5) is 4.39 Å². The zero-order chi connectivity index (χ0) is 13.9. The molecular weight excluding hydrogens is 309 g/mol. The topological polar surface area (TPSA) is 29.1 Å². The van der Waals surface area contributed by atoms with Crippen LogP contribution in [-0.2, 0) is 0 Å². The lowest BCUT2D eigenvalue weighted by Gasteiger charge is -2.26. The van der Waals surface area contributed by atoms with Crippen LogP contribution in [-0.4, -0.2) is 17.8 Å². The molecule has 104 valence electrons. The minimum atomic E-state index is -0.360. The second-order valence-electron chi connectivity index (χ2n) is 5.54. The molecule has 19 heavy (non-hydrogen) atoms. The predicted octanol–water partition coefficient (Wildman–Crippen LogP) is 3.82. The molecule has 0 unspecified atom stereocenters. The molecule has 0 aliphatic heterocycles. The fourth-order valence-electron chi connectivity index (χ4n) is 2.72. The van der Waals surface area contributed by atoms with E-state index in [9.17, 15) is 9.18 Å². The molecule has 0 atom stereocenters. The maximum Gasteiger partial charge on any atom is 0.251 e. The third kappa shape index (κ3) is 3.56. The standard InChI is InChI=1S/C15H19BrFNO/c1-11-6-12(8-13(17)7-11)14(19)18-10-15(9-16)4-2-3-5-15/h6-8H,2-5,9-10H2,1H3,(H,18,19). The first-order valence-electron chi connectivity index (χ1n) is 6.66. The van der Waals surface area contributed by atoms with Crippen LogP contribution >= 0.6 is 15.9 Å². The summed E-state index contributed by atoms with van der Waals surface area (Å²) in [6, 6.07) is 4.43. The quantitative estimate of drug-likeness (QED) is 0.837. The molecule has 0 saturated heterocycles. The van der Waals surface area contributed by atoms with Crippen molar-refractivity contribution in [3.05, 3.63) is 35.1 Å². The molecule has 0 heterocycles. The van der Waals surface area contributed by atoms with Crippen LogP contribution in [0.25, 0.3) is 0 Å². The van der Waals surface area contributed by atoms with E-state index in [1.165, 1.54) is 25.0 Å². The Morgan fingerprint density at radius 3 is 2.63 bits per heavy atom. The third-order valence-corrected chi connectivity index (χ3v) is 5.07. The highest BCUT2D eigenvalue weighted by molar-refractivity contribution is 9.09. The average Bonchev–Trinajstić information content (AvgIpc) is 2.84. The maximum absolute atomic E-state index is 13.3. The number of aryl methyl sites for hydroxylation is 1. The highest BCUT2D eigenvalue weighted by atomic mass is 79.9. The van der Waals surface area contributed by atoms with Gasteiger partial charge in [-0.25, -0.2) is 4.39 Å². The third-order valence-electron chi connectivity index (χ3n) is 3.88. The number of carbonyl (C=O) groups is 1. The van der Waals surface area contributed by atoms with E-state index in [4.69, 9.17) is 0 Å². The number of rotatable bonds is 4. The fourth-order valence-corrected chi connectivity index (χ4v) is 3.48. The molecule has 2 rings (SSSR count). The summed E-state index contributed by atoms with van der Waals surface area (Å²) in [5.74, 6) is -0.545. The predicted molar refractivity (Wildman–Crippen MR) is 78.2 cm³/mol. The van der Waals surface area contributed by atoms with Gasteiger partial charge in [-0.2, -0.15) is 0 Å². The number of benzene rings is 1. The lowest BCUT2D eigenvalue weighted by Crippen LogP contribution is -2.37. The normalized spacial score (nSPS) is 17.4. The van der Waals surface area contributed by atoms with E-state index in [-0.39, 0.29) is 17.1 Å². The van der Waals surface area contributed by atoms with E-state index in [1.54, 1.807) is 13.0 Å². The molecule has 1 aromatic carbocycles. The monoisotopic (exact) mass is 327 g/mol. The summed E-state index contributed by atoms with van der Waals surface area (Å²) >= 11 is 3.55. The molecule has 1 N–H and O–H groups in total. The number of carbonyl (C=O) groups excluding carboxylic acids is 1. The van der Waals surface area contributed by atoms with E-state index in [0.717, 1.165) is 23.7 Å². The molecule has 1 fully saturated rings. The van der Waals surface area contributed by atoms with Crippen molar-refractivity contribution in [3.63, 3.8) is 0 Å². The smallest absolute Gasteiger partial charge is 0.251 e. The van der Waals surface area contributed by atoms with Crippen molar-refractivity contribution in [2.75, 3.05) is 11.9 Å². The Hall–Kier alpha value is -0.900. The van der Waals surface area contributed by atoms with Crippen molar-refractivity contribution >= 4 is 21.8 Å². The number of halogens is 2. The molecule has 4 heteroatoms. The van der Waals surface area contributed by atoms with Gasteiger partial charge in [0.1, 0.15) is 5.82 Å². The Morgan fingerprint density at radius 1 is 1.37 bits per heavy atom. The Morgan fingerprint density at radius 2 is 2.05 bits per heavy atom. The molecule has 0 spiro atoms. The van der Waals surface area contributed by atoms with Gasteiger partial charge in [-0.15, -0.1) is 0 Å². The second-order valence-corrected chi connectivity index (χ2v) is 6.10.